The fourth-order valence-electron chi connectivity index (χ4n) is 1.37. The molecule has 5 heteroatoms. The molecule has 0 saturated heterocycles. The number of nitro groups is 1. The summed E-state index contributed by atoms with van der Waals surface area (Å²) in [6.07, 6.45) is 0. The summed E-state index contributed by atoms with van der Waals surface area (Å²) in [5, 5.41) is 12.1. The van der Waals surface area contributed by atoms with E-state index in [1.54, 1.807) is 12.1 Å². The molecule has 0 radical (unpaired) electrons. The van der Waals surface area contributed by atoms with Gasteiger partial charge in [0.1, 0.15) is 0 Å². The maximum Gasteiger partial charge on any atom is 0.270 e. The number of aromatic amines is 1. The lowest BCUT2D eigenvalue weighted by Gasteiger charge is -1.90. The molecule has 0 aliphatic carbocycles. The molecule has 0 bridgehead atoms. The predicted octanol–water partition coefficient (Wildman–Crippen LogP) is 2.97. The zero-order valence-electron chi connectivity index (χ0n) is 7.16. The van der Waals surface area contributed by atoms with Gasteiger partial charge < -0.3 is 4.98 Å². The van der Waals surface area contributed by atoms with Crippen molar-refractivity contribution in [3.63, 3.8) is 0 Å². The van der Waals surface area contributed by atoms with Crippen molar-refractivity contribution < 1.29 is 4.92 Å². The first-order valence-corrected chi connectivity index (χ1v) is 5.15. The number of benzene rings is 1. The predicted molar refractivity (Wildman–Crippen MR) is 57.6 cm³/mol. The van der Waals surface area contributed by atoms with Gasteiger partial charge in [0.15, 0.2) is 0 Å². The minimum atomic E-state index is -0.389. The van der Waals surface area contributed by atoms with Crippen molar-refractivity contribution in [1.82, 2.24) is 4.98 Å². The van der Waals surface area contributed by atoms with Crippen LogP contribution < -0.4 is 0 Å². The number of hydrogen-bond donors (Lipinski definition) is 1. The monoisotopic (exact) mass is 254 g/mol. The van der Waals surface area contributed by atoms with Crippen LogP contribution >= 0.6 is 15.9 Å². The third-order valence-electron chi connectivity index (χ3n) is 2.01. The highest BCUT2D eigenvalue weighted by molar-refractivity contribution is 9.08. The van der Waals surface area contributed by atoms with E-state index in [1.807, 2.05) is 6.07 Å². The molecule has 2 rings (SSSR count). The lowest BCUT2D eigenvalue weighted by Crippen LogP contribution is -1.86. The summed E-state index contributed by atoms with van der Waals surface area (Å²) >= 11 is 3.32. The quantitative estimate of drug-likeness (QED) is 0.509. The molecule has 0 spiro atoms. The molecule has 4 nitrogen and oxygen atoms in total. The van der Waals surface area contributed by atoms with Gasteiger partial charge in [-0.15, -0.1) is 0 Å². The van der Waals surface area contributed by atoms with E-state index in [9.17, 15) is 10.1 Å². The van der Waals surface area contributed by atoms with E-state index < -0.39 is 0 Å². The molecular formula is C9H7BrN2O2. The first-order valence-electron chi connectivity index (χ1n) is 4.02. The number of non-ortho nitro benzene ring substituents is 1. The van der Waals surface area contributed by atoms with Crippen LogP contribution in [0.3, 0.4) is 0 Å². The first kappa shape index (κ1) is 9.21. The molecule has 0 atom stereocenters. The Morgan fingerprint density at radius 2 is 2.21 bits per heavy atom. The van der Waals surface area contributed by atoms with Gasteiger partial charge in [0, 0.05) is 34.1 Å². The lowest BCUT2D eigenvalue weighted by atomic mass is 10.2. The molecule has 1 heterocycles. The van der Waals surface area contributed by atoms with Crippen LogP contribution in [0.4, 0.5) is 5.69 Å². The number of fused-ring (bicyclic) bond motifs is 1. The molecule has 1 N–H and O–H groups in total. The SMILES string of the molecule is O=[N+]([O-])c1ccc2[nH]c(CBr)cc2c1. The minimum absolute atomic E-state index is 0.123. The van der Waals surface area contributed by atoms with Crippen LogP contribution in [0.5, 0.6) is 0 Å². The highest BCUT2D eigenvalue weighted by Gasteiger charge is 2.07. The van der Waals surface area contributed by atoms with E-state index >= 15 is 0 Å². The topological polar surface area (TPSA) is 58.9 Å². The van der Waals surface area contributed by atoms with E-state index in [4.69, 9.17) is 0 Å². The van der Waals surface area contributed by atoms with Crippen molar-refractivity contribution in [3.05, 3.63) is 40.1 Å². The third-order valence-corrected chi connectivity index (χ3v) is 2.62. The van der Waals surface area contributed by atoms with Gasteiger partial charge in [-0.3, -0.25) is 10.1 Å². The van der Waals surface area contributed by atoms with Gasteiger partial charge in [-0.25, -0.2) is 0 Å². The average molecular weight is 255 g/mol. The molecule has 14 heavy (non-hydrogen) atoms. The molecule has 0 amide bonds. The molecule has 0 fully saturated rings. The standard InChI is InChI=1S/C9H7BrN2O2/c10-5-7-3-6-4-8(12(13)14)1-2-9(6)11-7/h1-4,11H,5H2. The Morgan fingerprint density at radius 1 is 1.43 bits per heavy atom. The third kappa shape index (κ3) is 1.50. The molecule has 1 aromatic carbocycles. The van der Waals surface area contributed by atoms with Crippen molar-refractivity contribution in [3.8, 4) is 0 Å². The highest BCUT2D eigenvalue weighted by Crippen LogP contribution is 2.22. The number of nitro benzene ring substituents is 1. The van der Waals surface area contributed by atoms with Gasteiger partial charge in [0.05, 0.1) is 4.92 Å². The van der Waals surface area contributed by atoms with E-state index in [0.717, 1.165) is 21.9 Å². The second-order valence-corrected chi connectivity index (χ2v) is 3.52. The average Bonchev–Trinajstić information content (AvgIpc) is 2.58. The van der Waals surface area contributed by atoms with Crippen LogP contribution in [0, 0.1) is 10.1 Å². The van der Waals surface area contributed by atoms with Gasteiger partial charge in [-0.05, 0) is 12.1 Å². The normalized spacial score (nSPS) is 10.6. The summed E-state index contributed by atoms with van der Waals surface area (Å²) in [6, 6.07) is 6.69. The summed E-state index contributed by atoms with van der Waals surface area (Å²) in [4.78, 5) is 13.3. The second kappa shape index (κ2) is 3.42. The first-order chi connectivity index (χ1) is 6.70. The Bertz CT molecular complexity index is 493. The molecule has 0 aliphatic heterocycles. The van der Waals surface area contributed by atoms with Crippen LogP contribution in [-0.2, 0) is 5.33 Å². The molecule has 0 aliphatic rings. The van der Waals surface area contributed by atoms with Crippen molar-refractivity contribution in [2.45, 2.75) is 5.33 Å². The van der Waals surface area contributed by atoms with Crippen LogP contribution in [0.25, 0.3) is 10.9 Å². The Hall–Kier alpha value is -1.36. The Kier molecular flexibility index (Phi) is 2.25. The molecule has 2 aromatic rings. The number of aromatic nitrogens is 1. The zero-order chi connectivity index (χ0) is 10.1. The van der Waals surface area contributed by atoms with Gasteiger partial charge in [-0.1, -0.05) is 15.9 Å². The van der Waals surface area contributed by atoms with Crippen LogP contribution in [0.1, 0.15) is 5.69 Å². The zero-order valence-corrected chi connectivity index (χ0v) is 8.74. The van der Waals surface area contributed by atoms with E-state index in [0.29, 0.717) is 0 Å². The number of nitrogens with zero attached hydrogens (tertiary/aromatic N) is 1. The summed E-state index contributed by atoms with van der Waals surface area (Å²) in [5.41, 5.74) is 2.06. The number of nitrogens with one attached hydrogen (secondary N) is 1. The maximum atomic E-state index is 10.5. The van der Waals surface area contributed by atoms with E-state index in [1.165, 1.54) is 6.07 Å². The Morgan fingerprint density at radius 3 is 2.86 bits per heavy atom. The number of alkyl halides is 1. The van der Waals surface area contributed by atoms with Crippen molar-refractivity contribution in [1.29, 1.82) is 0 Å². The smallest absolute Gasteiger partial charge is 0.270 e. The second-order valence-electron chi connectivity index (χ2n) is 2.96. The minimum Gasteiger partial charge on any atom is -0.358 e. The van der Waals surface area contributed by atoms with Gasteiger partial charge in [0.25, 0.3) is 5.69 Å². The molecule has 0 saturated carbocycles. The van der Waals surface area contributed by atoms with Crippen molar-refractivity contribution in [2.24, 2.45) is 0 Å². The summed E-state index contributed by atoms with van der Waals surface area (Å²) in [5.74, 6) is 0. The summed E-state index contributed by atoms with van der Waals surface area (Å²) < 4.78 is 0. The van der Waals surface area contributed by atoms with Gasteiger partial charge in [0.2, 0.25) is 0 Å². The Balaban J connectivity index is 2.59. The lowest BCUT2D eigenvalue weighted by molar-refractivity contribution is -0.384. The molecular weight excluding hydrogens is 248 g/mol. The van der Waals surface area contributed by atoms with Gasteiger partial charge in [-0.2, -0.15) is 0 Å². The molecule has 1 aromatic heterocycles. The van der Waals surface area contributed by atoms with Crippen LogP contribution in [0.15, 0.2) is 24.3 Å². The van der Waals surface area contributed by atoms with E-state index in [-0.39, 0.29) is 10.6 Å². The summed E-state index contributed by atoms with van der Waals surface area (Å²) in [7, 11) is 0. The van der Waals surface area contributed by atoms with Crippen molar-refractivity contribution >= 4 is 32.5 Å². The molecule has 0 unspecified atom stereocenters. The summed E-state index contributed by atoms with van der Waals surface area (Å²) in [6.45, 7) is 0. The Labute approximate surface area is 88.2 Å². The maximum absolute atomic E-state index is 10.5. The number of hydrogen-bond acceptors (Lipinski definition) is 2. The fourth-order valence-corrected chi connectivity index (χ4v) is 1.67. The number of H-pyrrole nitrogens is 1. The highest BCUT2D eigenvalue weighted by atomic mass is 79.9. The van der Waals surface area contributed by atoms with Gasteiger partial charge >= 0.3 is 0 Å². The van der Waals surface area contributed by atoms with Crippen LogP contribution in [-0.4, -0.2) is 9.91 Å². The number of rotatable bonds is 2. The number of halogens is 1. The van der Waals surface area contributed by atoms with E-state index in [2.05, 4.69) is 20.9 Å². The molecule has 72 valence electrons. The fraction of sp³-hybridized carbons (Fsp3) is 0.111. The largest absolute Gasteiger partial charge is 0.358 e. The van der Waals surface area contributed by atoms with Crippen molar-refractivity contribution in [2.75, 3.05) is 0 Å². The van der Waals surface area contributed by atoms with Crippen LogP contribution in [0.2, 0.25) is 0 Å².